The van der Waals surface area contributed by atoms with E-state index in [0.717, 1.165) is 0 Å². The van der Waals surface area contributed by atoms with Crippen LogP contribution in [0, 0.1) is 0 Å². The minimum atomic E-state index is -1.08. The summed E-state index contributed by atoms with van der Waals surface area (Å²) in [6.07, 6.45) is 2.68. The van der Waals surface area contributed by atoms with Crippen LogP contribution >= 0.6 is 0 Å². The molecule has 1 radical (unpaired) electrons. The van der Waals surface area contributed by atoms with Crippen LogP contribution in [-0.4, -0.2) is 83.5 Å². The molecular formula is C12H8KN2O4. The zero-order valence-corrected chi connectivity index (χ0v) is 13.2. The van der Waals surface area contributed by atoms with Crippen molar-refractivity contribution < 1.29 is 19.8 Å². The summed E-state index contributed by atoms with van der Waals surface area (Å²) in [6, 6.07) is 5.40. The van der Waals surface area contributed by atoms with E-state index < -0.39 is 11.9 Å². The van der Waals surface area contributed by atoms with Crippen LogP contribution in [0.15, 0.2) is 36.7 Å². The minimum absolute atomic E-state index is 0. The van der Waals surface area contributed by atoms with E-state index in [2.05, 4.69) is 9.97 Å². The van der Waals surface area contributed by atoms with Crippen molar-refractivity contribution >= 4 is 63.3 Å². The van der Waals surface area contributed by atoms with Crippen LogP contribution in [0.5, 0.6) is 0 Å². The van der Waals surface area contributed by atoms with Gasteiger partial charge in [0.25, 0.3) is 0 Å². The fraction of sp³-hybridized carbons (Fsp3) is 0. The average molecular weight is 283 g/mol. The van der Waals surface area contributed by atoms with Gasteiger partial charge in [-0.3, -0.25) is 9.97 Å². The summed E-state index contributed by atoms with van der Waals surface area (Å²) in [5, 5.41) is 17.7. The first-order chi connectivity index (χ1) is 8.58. The monoisotopic (exact) mass is 283 g/mol. The fourth-order valence-electron chi connectivity index (χ4n) is 1.41. The smallest absolute Gasteiger partial charge is 0.335 e. The van der Waals surface area contributed by atoms with E-state index in [1.807, 2.05) is 0 Å². The summed E-state index contributed by atoms with van der Waals surface area (Å²) in [6.45, 7) is 0. The number of aromatic carboxylic acids is 2. The number of nitrogens with zero attached hydrogens (tertiary/aromatic N) is 2. The maximum atomic E-state index is 10.8. The molecule has 0 atom stereocenters. The molecule has 6 nitrogen and oxygen atoms in total. The van der Waals surface area contributed by atoms with Gasteiger partial charge >= 0.3 is 11.9 Å². The molecule has 19 heavy (non-hydrogen) atoms. The molecule has 7 heteroatoms. The number of carboxylic acid groups (broad SMARTS) is 2. The van der Waals surface area contributed by atoms with Crippen molar-refractivity contribution in [1.29, 1.82) is 0 Å². The molecule has 91 valence electrons. The summed E-state index contributed by atoms with van der Waals surface area (Å²) in [5.41, 5.74) is 0.779. The van der Waals surface area contributed by atoms with Crippen molar-refractivity contribution in [1.82, 2.24) is 9.97 Å². The fourth-order valence-corrected chi connectivity index (χ4v) is 1.41. The van der Waals surface area contributed by atoms with Crippen LogP contribution in [0.2, 0.25) is 0 Å². The van der Waals surface area contributed by atoms with Crippen LogP contribution in [0.4, 0.5) is 0 Å². The van der Waals surface area contributed by atoms with Crippen molar-refractivity contribution in [3.63, 3.8) is 0 Å². The molecule has 0 spiro atoms. The van der Waals surface area contributed by atoms with E-state index in [0.29, 0.717) is 11.4 Å². The van der Waals surface area contributed by atoms with Crippen molar-refractivity contribution in [3.8, 4) is 11.4 Å². The van der Waals surface area contributed by atoms with Crippen LogP contribution in [0.1, 0.15) is 20.7 Å². The second-order valence-corrected chi connectivity index (χ2v) is 3.47. The van der Waals surface area contributed by atoms with E-state index >= 15 is 0 Å². The van der Waals surface area contributed by atoms with Crippen LogP contribution in [-0.2, 0) is 0 Å². The van der Waals surface area contributed by atoms with Gasteiger partial charge in [-0.2, -0.15) is 0 Å². The third-order valence-electron chi connectivity index (χ3n) is 2.28. The normalized spacial score (nSPS) is 9.47. The van der Waals surface area contributed by atoms with Gasteiger partial charge in [0, 0.05) is 63.8 Å². The Bertz CT molecular complexity index is 575. The molecule has 0 aromatic carbocycles. The first kappa shape index (κ1) is 15.9. The van der Waals surface area contributed by atoms with E-state index in [1.165, 1.54) is 36.7 Å². The zero-order valence-electron chi connectivity index (χ0n) is 10.1. The summed E-state index contributed by atoms with van der Waals surface area (Å²) < 4.78 is 0. The second kappa shape index (κ2) is 6.87. The SMILES string of the molecule is O=C(O)c1ccnc(-c2cc(C(=O)O)ccn2)c1.[K]. The van der Waals surface area contributed by atoms with Crippen molar-refractivity contribution in [2.45, 2.75) is 0 Å². The molecule has 2 aromatic rings. The van der Waals surface area contributed by atoms with Crippen molar-refractivity contribution in [2.24, 2.45) is 0 Å². The Morgan fingerprint density at radius 2 is 1.21 bits per heavy atom. The average Bonchev–Trinajstić information content (AvgIpc) is 2.39. The molecule has 0 bridgehead atoms. The number of carbonyl (C=O) groups is 2. The van der Waals surface area contributed by atoms with Gasteiger partial charge in [0.15, 0.2) is 0 Å². The molecule has 0 saturated carbocycles. The van der Waals surface area contributed by atoms with Crippen LogP contribution in [0.25, 0.3) is 11.4 Å². The first-order valence-corrected chi connectivity index (χ1v) is 4.97. The van der Waals surface area contributed by atoms with Crippen molar-refractivity contribution in [3.05, 3.63) is 47.8 Å². The van der Waals surface area contributed by atoms with Gasteiger partial charge in [-0.15, -0.1) is 0 Å². The van der Waals surface area contributed by atoms with Crippen LogP contribution < -0.4 is 0 Å². The summed E-state index contributed by atoms with van der Waals surface area (Å²) >= 11 is 0. The number of aromatic nitrogens is 2. The number of hydrogen-bond donors (Lipinski definition) is 2. The maximum absolute atomic E-state index is 10.8. The summed E-state index contributed by atoms with van der Waals surface area (Å²) in [5.74, 6) is -2.15. The molecule has 0 saturated heterocycles. The van der Waals surface area contributed by atoms with Gasteiger partial charge in [0.2, 0.25) is 0 Å². The third kappa shape index (κ3) is 3.92. The second-order valence-electron chi connectivity index (χ2n) is 3.47. The standard InChI is InChI=1S/C12H8N2O4.K/c15-11(16)7-1-3-13-9(5-7)10-6-8(12(17)18)2-4-14-10;/h1-6H,(H,15,16)(H,17,18);. The molecule has 2 N–H and O–H groups in total. The number of pyridine rings is 2. The molecule has 2 rings (SSSR count). The van der Waals surface area contributed by atoms with Gasteiger partial charge in [-0.05, 0) is 24.3 Å². The maximum Gasteiger partial charge on any atom is 0.335 e. The molecule has 0 unspecified atom stereocenters. The molecule has 0 aliphatic heterocycles. The topological polar surface area (TPSA) is 100 Å². The first-order valence-electron chi connectivity index (χ1n) is 4.97. The minimum Gasteiger partial charge on any atom is -0.478 e. The Balaban J connectivity index is 0.00000180. The van der Waals surface area contributed by atoms with Gasteiger partial charge in [-0.25, -0.2) is 9.59 Å². The molecule has 2 aromatic heterocycles. The Hall–Kier alpha value is -1.12. The number of carboxylic acids is 2. The number of hydrogen-bond acceptors (Lipinski definition) is 4. The quantitative estimate of drug-likeness (QED) is 0.820. The van der Waals surface area contributed by atoms with Gasteiger partial charge < -0.3 is 10.2 Å². The molecule has 0 amide bonds. The van der Waals surface area contributed by atoms with E-state index in [9.17, 15) is 9.59 Å². The summed E-state index contributed by atoms with van der Waals surface area (Å²) in [7, 11) is 0. The Kier molecular flexibility index (Phi) is 5.76. The predicted octanol–water partition coefficient (Wildman–Crippen LogP) is 1.16. The Labute approximate surface area is 150 Å². The molecular weight excluding hydrogens is 275 g/mol. The van der Waals surface area contributed by atoms with Gasteiger partial charge in [0.1, 0.15) is 0 Å². The molecule has 0 fully saturated rings. The molecule has 0 aliphatic carbocycles. The third-order valence-corrected chi connectivity index (χ3v) is 2.28. The summed E-state index contributed by atoms with van der Waals surface area (Å²) in [4.78, 5) is 29.6. The van der Waals surface area contributed by atoms with Gasteiger partial charge in [-0.1, -0.05) is 0 Å². The van der Waals surface area contributed by atoms with Crippen molar-refractivity contribution in [2.75, 3.05) is 0 Å². The Morgan fingerprint density at radius 1 is 0.842 bits per heavy atom. The van der Waals surface area contributed by atoms with E-state index in [1.54, 1.807) is 0 Å². The van der Waals surface area contributed by atoms with E-state index in [4.69, 9.17) is 10.2 Å². The Morgan fingerprint density at radius 3 is 1.53 bits per heavy atom. The van der Waals surface area contributed by atoms with Crippen LogP contribution in [0.3, 0.4) is 0 Å². The number of rotatable bonds is 3. The van der Waals surface area contributed by atoms with E-state index in [-0.39, 0.29) is 62.5 Å². The largest absolute Gasteiger partial charge is 0.478 e. The predicted molar refractivity (Wildman–Crippen MR) is 67.1 cm³/mol. The zero-order chi connectivity index (χ0) is 13.1. The van der Waals surface area contributed by atoms with Gasteiger partial charge in [0.05, 0.1) is 22.5 Å². The molecule has 0 aliphatic rings. The molecule has 2 heterocycles.